The minimum Gasteiger partial charge on any atom is -0.298 e. The summed E-state index contributed by atoms with van der Waals surface area (Å²) in [5.74, 6) is 0.501. The van der Waals surface area contributed by atoms with E-state index in [-0.39, 0.29) is 10.8 Å². The lowest BCUT2D eigenvalue weighted by atomic mass is 9.78. The lowest BCUT2D eigenvalue weighted by molar-refractivity contribution is -0.132. The van der Waals surface area contributed by atoms with E-state index in [2.05, 4.69) is 27.7 Å². The molecule has 82 valence electrons. The maximum absolute atomic E-state index is 12.1. The highest BCUT2D eigenvalue weighted by molar-refractivity contribution is 5.91. The summed E-state index contributed by atoms with van der Waals surface area (Å²) < 4.78 is 0. The summed E-state index contributed by atoms with van der Waals surface area (Å²) in [5.41, 5.74) is -0.0559. The van der Waals surface area contributed by atoms with Crippen molar-refractivity contribution in [3.05, 3.63) is 0 Å². The van der Waals surface area contributed by atoms with Gasteiger partial charge >= 0.3 is 0 Å². The highest BCUT2D eigenvalue weighted by Gasteiger charge is 2.47. The van der Waals surface area contributed by atoms with E-state index < -0.39 is 0 Å². The molecule has 0 aromatic rings. The summed E-state index contributed by atoms with van der Waals surface area (Å²) in [4.78, 5) is 12.1. The van der Waals surface area contributed by atoms with E-state index in [1.165, 1.54) is 19.3 Å². The van der Waals surface area contributed by atoms with Crippen LogP contribution in [0.15, 0.2) is 0 Å². The Bertz CT molecular complexity index is 217. The Hall–Kier alpha value is -0.330. The van der Waals surface area contributed by atoms with Gasteiger partial charge in [0.25, 0.3) is 0 Å². The predicted molar refractivity (Wildman–Crippen MR) is 60.3 cm³/mol. The number of carbonyl (C=O) groups excluding carboxylic acids is 1. The zero-order chi connectivity index (χ0) is 10.8. The Morgan fingerprint density at radius 1 is 1.14 bits per heavy atom. The fraction of sp³-hybridized carbons (Fsp3) is 0.923. The number of Topliss-reactive ketones (excluding diaryl/α,β-unsaturated/α-hetero) is 1. The number of unbranched alkanes of at least 4 members (excludes halogenated alkanes) is 2. The molecule has 1 aliphatic carbocycles. The summed E-state index contributed by atoms with van der Waals surface area (Å²) >= 11 is 0. The van der Waals surface area contributed by atoms with Crippen LogP contribution < -0.4 is 0 Å². The molecule has 0 unspecified atom stereocenters. The van der Waals surface area contributed by atoms with Gasteiger partial charge in [-0.2, -0.15) is 0 Å². The largest absolute Gasteiger partial charge is 0.298 e. The lowest BCUT2D eigenvalue weighted by Crippen LogP contribution is -2.29. The fourth-order valence-electron chi connectivity index (χ4n) is 2.64. The molecule has 0 spiro atoms. The second kappa shape index (κ2) is 4.04. The van der Waals surface area contributed by atoms with Crippen LogP contribution >= 0.6 is 0 Å². The van der Waals surface area contributed by atoms with Crippen molar-refractivity contribution in [1.82, 2.24) is 0 Å². The molecule has 0 N–H and O–H groups in total. The van der Waals surface area contributed by atoms with Crippen LogP contribution in [0.1, 0.15) is 66.2 Å². The first-order chi connectivity index (χ1) is 6.42. The highest BCUT2D eigenvalue weighted by atomic mass is 16.1. The summed E-state index contributed by atoms with van der Waals surface area (Å²) in [7, 11) is 0. The Labute approximate surface area is 88.3 Å². The van der Waals surface area contributed by atoms with Crippen LogP contribution in [0.5, 0.6) is 0 Å². The van der Waals surface area contributed by atoms with E-state index in [1.54, 1.807) is 0 Å². The average Bonchev–Trinajstić information content (AvgIpc) is 2.32. The van der Waals surface area contributed by atoms with Gasteiger partial charge in [-0.05, 0) is 19.3 Å². The lowest BCUT2D eigenvalue weighted by Gasteiger charge is -2.24. The Morgan fingerprint density at radius 3 is 2.21 bits per heavy atom. The number of carbonyl (C=O) groups is 1. The van der Waals surface area contributed by atoms with Gasteiger partial charge in [-0.1, -0.05) is 47.0 Å². The van der Waals surface area contributed by atoms with Crippen molar-refractivity contribution in [1.29, 1.82) is 0 Å². The summed E-state index contributed by atoms with van der Waals surface area (Å²) in [6, 6.07) is 0. The third-order valence-electron chi connectivity index (χ3n) is 3.80. The first-order valence-electron chi connectivity index (χ1n) is 5.97. The molecular weight excluding hydrogens is 172 g/mol. The van der Waals surface area contributed by atoms with E-state index in [1.807, 2.05) is 0 Å². The van der Waals surface area contributed by atoms with Crippen LogP contribution in [0.3, 0.4) is 0 Å². The van der Waals surface area contributed by atoms with Gasteiger partial charge in [-0.25, -0.2) is 0 Å². The van der Waals surface area contributed by atoms with Crippen molar-refractivity contribution in [2.45, 2.75) is 66.2 Å². The normalized spacial score (nSPS) is 31.0. The maximum Gasteiger partial charge on any atom is 0.144 e. The minimum atomic E-state index is -0.0546. The topological polar surface area (TPSA) is 17.1 Å². The zero-order valence-electron chi connectivity index (χ0n) is 10.2. The fourth-order valence-corrected chi connectivity index (χ4v) is 2.64. The molecule has 14 heavy (non-hydrogen) atoms. The molecule has 0 heterocycles. The van der Waals surface area contributed by atoms with Crippen molar-refractivity contribution in [3.8, 4) is 0 Å². The molecule has 1 nitrogen and oxygen atoms in total. The van der Waals surface area contributed by atoms with E-state index in [0.29, 0.717) is 5.78 Å². The Kier molecular flexibility index (Phi) is 3.39. The molecule has 1 saturated carbocycles. The van der Waals surface area contributed by atoms with E-state index in [0.717, 1.165) is 19.3 Å². The second-order valence-corrected chi connectivity index (χ2v) is 5.73. The quantitative estimate of drug-likeness (QED) is 0.622. The van der Waals surface area contributed by atoms with Gasteiger partial charge in [0.15, 0.2) is 0 Å². The first kappa shape index (κ1) is 11.7. The van der Waals surface area contributed by atoms with Crippen molar-refractivity contribution < 1.29 is 4.79 Å². The minimum absolute atomic E-state index is 0.00132. The van der Waals surface area contributed by atoms with Crippen molar-refractivity contribution in [3.63, 3.8) is 0 Å². The molecule has 0 radical (unpaired) electrons. The SMILES string of the molecule is CCCCC[C@]1(C)CCC(C)(C)C1=O. The van der Waals surface area contributed by atoms with E-state index in [4.69, 9.17) is 0 Å². The number of rotatable bonds is 4. The monoisotopic (exact) mass is 196 g/mol. The van der Waals surface area contributed by atoms with Crippen molar-refractivity contribution in [2.24, 2.45) is 10.8 Å². The van der Waals surface area contributed by atoms with Crippen LogP contribution in [-0.2, 0) is 4.79 Å². The van der Waals surface area contributed by atoms with Crippen LogP contribution in [0.4, 0.5) is 0 Å². The van der Waals surface area contributed by atoms with E-state index >= 15 is 0 Å². The smallest absolute Gasteiger partial charge is 0.144 e. The molecule has 1 atom stereocenters. The standard InChI is InChI=1S/C13H24O/c1-5-6-7-8-13(4)10-9-12(2,3)11(13)14/h5-10H2,1-4H3/t13-/m1/s1. The van der Waals surface area contributed by atoms with Gasteiger partial charge in [0.05, 0.1) is 0 Å². The number of hydrogen-bond acceptors (Lipinski definition) is 1. The van der Waals surface area contributed by atoms with Gasteiger partial charge in [0.1, 0.15) is 5.78 Å². The molecule has 0 aromatic heterocycles. The van der Waals surface area contributed by atoms with Gasteiger partial charge in [-0.15, -0.1) is 0 Å². The third-order valence-corrected chi connectivity index (χ3v) is 3.80. The molecular formula is C13H24O. The van der Waals surface area contributed by atoms with Crippen LogP contribution in [0, 0.1) is 10.8 Å². The Balaban J connectivity index is 2.55. The summed E-state index contributed by atoms with van der Waals surface area (Å²) in [6.07, 6.45) is 7.01. The summed E-state index contributed by atoms with van der Waals surface area (Å²) in [5, 5.41) is 0. The predicted octanol–water partition coefficient (Wildman–Crippen LogP) is 3.96. The number of hydrogen-bond donors (Lipinski definition) is 0. The van der Waals surface area contributed by atoms with Crippen LogP contribution in [0.25, 0.3) is 0 Å². The molecule has 0 aromatic carbocycles. The van der Waals surface area contributed by atoms with Crippen LogP contribution in [-0.4, -0.2) is 5.78 Å². The molecule has 0 aliphatic heterocycles. The molecule has 0 saturated heterocycles. The number of ketones is 1. The van der Waals surface area contributed by atoms with Crippen molar-refractivity contribution >= 4 is 5.78 Å². The molecule has 1 fully saturated rings. The third kappa shape index (κ3) is 2.18. The molecule has 0 amide bonds. The average molecular weight is 196 g/mol. The second-order valence-electron chi connectivity index (χ2n) is 5.73. The maximum atomic E-state index is 12.1. The molecule has 1 heteroatoms. The van der Waals surface area contributed by atoms with Gasteiger partial charge in [0, 0.05) is 10.8 Å². The first-order valence-corrected chi connectivity index (χ1v) is 5.97. The van der Waals surface area contributed by atoms with E-state index in [9.17, 15) is 4.79 Å². The molecule has 0 bridgehead atoms. The zero-order valence-corrected chi connectivity index (χ0v) is 10.2. The molecule has 1 rings (SSSR count). The van der Waals surface area contributed by atoms with Crippen molar-refractivity contribution in [2.75, 3.05) is 0 Å². The van der Waals surface area contributed by atoms with Gasteiger partial charge in [-0.3, -0.25) is 4.79 Å². The van der Waals surface area contributed by atoms with Gasteiger partial charge in [0.2, 0.25) is 0 Å². The van der Waals surface area contributed by atoms with Crippen LogP contribution in [0.2, 0.25) is 0 Å². The van der Waals surface area contributed by atoms with Gasteiger partial charge < -0.3 is 0 Å². The highest BCUT2D eigenvalue weighted by Crippen LogP contribution is 2.48. The summed E-state index contributed by atoms with van der Waals surface area (Å²) in [6.45, 7) is 8.57. The Morgan fingerprint density at radius 2 is 1.79 bits per heavy atom. The molecule has 1 aliphatic rings.